The molecule has 5 nitrogen and oxygen atoms in total. The SMILES string of the molecule is COn1nnc2c(C)ccnc21. The molecule has 0 unspecified atom stereocenters. The van der Waals surface area contributed by atoms with Crippen molar-refractivity contribution in [3.8, 4) is 0 Å². The summed E-state index contributed by atoms with van der Waals surface area (Å²) in [5, 5.41) is 7.67. The number of hydrogen-bond donors (Lipinski definition) is 0. The molecule has 0 fully saturated rings. The fourth-order valence-corrected chi connectivity index (χ4v) is 1.05. The summed E-state index contributed by atoms with van der Waals surface area (Å²) in [6, 6.07) is 1.89. The van der Waals surface area contributed by atoms with Crippen LogP contribution in [-0.4, -0.2) is 27.3 Å². The quantitative estimate of drug-likeness (QED) is 0.603. The van der Waals surface area contributed by atoms with Crippen molar-refractivity contribution >= 4 is 11.2 Å². The maximum Gasteiger partial charge on any atom is 0.219 e. The van der Waals surface area contributed by atoms with Crippen LogP contribution < -0.4 is 4.84 Å². The van der Waals surface area contributed by atoms with Crippen molar-refractivity contribution in [2.75, 3.05) is 7.11 Å². The van der Waals surface area contributed by atoms with E-state index in [2.05, 4.69) is 15.3 Å². The van der Waals surface area contributed by atoms with Crippen LogP contribution in [-0.2, 0) is 0 Å². The van der Waals surface area contributed by atoms with E-state index in [0.29, 0.717) is 5.65 Å². The minimum absolute atomic E-state index is 0.650. The van der Waals surface area contributed by atoms with Gasteiger partial charge in [-0.2, -0.15) is 0 Å². The summed E-state index contributed by atoms with van der Waals surface area (Å²) in [5.74, 6) is 0. The Balaban J connectivity index is 2.80. The fourth-order valence-electron chi connectivity index (χ4n) is 1.05. The normalized spacial score (nSPS) is 10.5. The van der Waals surface area contributed by atoms with Gasteiger partial charge < -0.3 is 4.84 Å². The van der Waals surface area contributed by atoms with Gasteiger partial charge in [0.2, 0.25) is 5.65 Å². The van der Waals surface area contributed by atoms with Gasteiger partial charge in [0.15, 0.2) is 0 Å². The van der Waals surface area contributed by atoms with Gasteiger partial charge in [-0.3, -0.25) is 0 Å². The molecular weight excluding hydrogens is 156 g/mol. The Bertz CT molecular complexity index is 409. The van der Waals surface area contributed by atoms with E-state index in [4.69, 9.17) is 4.84 Å². The number of rotatable bonds is 1. The molecule has 62 valence electrons. The molecule has 0 aliphatic rings. The van der Waals surface area contributed by atoms with Crippen LogP contribution in [0.25, 0.3) is 11.2 Å². The largest absolute Gasteiger partial charge is 0.397 e. The molecule has 2 heterocycles. The first kappa shape index (κ1) is 7.02. The van der Waals surface area contributed by atoms with Crippen molar-refractivity contribution in [3.63, 3.8) is 0 Å². The second kappa shape index (κ2) is 2.44. The van der Waals surface area contributed by atoms with E-state index in [1.54, 1.807) is 6.20 Å². The van der Waals surface area contributed by atoms with Gasteiger partial charge in [-0.15, -0.1) is 5.10 Å². The van der Waals surface area contributed by atoms with Gasteiger partial charge >= 0.3 is 0 Å². The Kier molecular flexibility index (Phi) is 1.43. The molecule has 0 saturated heterocycles. The summed E-state index contributed by atoms with van der Waals surface area (Å²) in [4.78, 5) is 10.3. The number of pyridine rings is 1. The van der Waals surface area contributed by atoms with Crippen LogP contribution in [0.2, 0.25) is 0 Å². The van der Waals surface area contributed by atoms with E-state index in [1.165, 1.54) is 12.0 Å². The first-order valence-electron chi connectivity index (χ1n) is 3.54. The van der Waals surface area contributed by atoms with Gasteiger partial charge in [-0.05, 0) is 23.8 Å². The fraction of sp³-hybridized carbons (Fsp3) is 0.286. The predicted molar refractivity (Wildman–Crippen MR) is 42.6 cm³/mol. The van der Waals surface area contributed by atoms with Crippen molar-refractivity contribution in [3.05, 3.63) is 17.8 Å². The molecule has 0 N–H and O–H groups in total. The van der Waals surface area contributed by atoms with E-state index in [0.717, 1.165) is 11.1 Å². The van der Waals surface area contributed by atoms with E-state index < -0.39 is 0 Å². The van der Waals surface area contributed by atoms with Crippen LogP contribution in [0.3, 0.4) is 0 Å². The van der Waals surface area contributed by atoms with E-state index in [-0.39, 0.29) is 0 Å². The van der Waals surface area contributed by atoms with Gasteiger partial charge in [0.1, 0.15) is 12.6 Å². The van der Waals surface area contributed by atoms with Crippen LogP contribution in [0.15, 0.2) is 12.3 Å². The Morgan fingerprint density at radius 1 is 1.50 bits per heavy atom. The van der Waals surface area contributed by atoms with Gasteiger partial charge in [0.05, 0.1) is 0 Å². The Hall–Kier alpha value is -1.65. The minimum Gasteiger partial charge on any atom is -0.397 e. The second-order valence-corrected chi connectivity index (χ2v) is 2.45. The van der Waals surface area contributed by atoms with Crippen molar-refractivity contribution in [2.45, 2.75) is 6.92 Å². The molecule has 2 rings (SSSR count). The van der Waals surface area contributed by atoms with Gasteiger partial charge in [-0.1, -0.05) is 4.85 Å². The number of aryl methyl sites for hydroxylation is 1. The first-order chi connectivity index (χ1) is 5.83. The molecule has 12 heavy (non-hydrogen) atoms. The van der Waals surface area contributed by atoms with Crippen molar-refractivity contribution in [1.82, 2.24) is 20.1 Å². The molecule has 0 aliphatic carbocycles. The zero-order chi connectivity index (χ0) is 8.55. The van der Waals surface area contributed by atoms with Crippen LogP contribution >= 0.6 is 0 Å². The van der Waals surface area contributed by atoms with Crippen LogP contribution in [0, 0.1) is 6.92 Å². The highest BCUT2D eigenvalue weighted by atomic mass is 16.7. The van der Waals surface area contributed by atoms with Gasteiger partial charge in [-0.25, -0.2) is 4.98 Å². The van der Waals surface area contributed by atoms with Crippen molar-refractivity contribution < 1.29 is 4.84 Å². The summed E-state index contributed by atoms with van der Waals surface area (Å²) in [7, 11) is 1.53. The molecule has 2 aromatic heterocycles. The van der Waals surface area contributed by atoms with Crippen LogP contribution in [0.1, 0.15) is 5.56 Å². The third-order valence-electron chi connectivity index (χ3n) is 1.69. The lowest BCUT2D eigenvalue weighted by molar-refractivity contribution is 0.138. The molecule has 0 aromatic carbocycles. The highest BCUT2D eigenvalue weighted by molar-refractivity contribution is 5.72. The summed E-state index contributed by atoms with van der Waals surface area (Å²) in [5.41, 5.74) is 2.47. The van der Waals surface area contributed by atoms with Crippen molar-refractivity contribution in [2.24, 2.45) is 0 Å². The van der Waals surface area contributed by atoms with Crippen LogP contribution in [0.4, 0.5) is 0 Å². The average Bonchev–Trinajstić information content (AvgIpc) is 2.49. The molecule has 0 atom stereocenters. The molecule has 0 radical (unpaired) electrons. The first-order valence-corrected chi connectivity index (χ1v) is 3.54. The molecule has 0 aliphatic heterocycles. The Morgan fingerprint density at radius 3 is 3.08 bits per heavy atom. The molecule has 2 aromatic rings. The lowest BCUT2D eigenvalue weighted by atomic mass is 10.3. The number of nitrogens with zero attached hydrogens (tertiary/aromatic N) is 4. The van der Waals surface area contributed by atoms with E-state index in [1.807, 2.05) is 13.0 Å². The Labute approximate surface area is 68.9 Å². The molecule has 5 heteroatoms. The summed E-state index contributed by atoms with van der Waals surface area (Å²) in [6.07, 6.45) is 1.70. The molecule has 0 bridgehead atoms. The maximum atomic E-state index is 4.90. The number of hydrogen-bond acceptors (Lipinski definition) is 4. The smallest absolute Gasteiger partial charge is 0.219 e. The average molecular weight is 164 g/mol. The minimum atomic E-state index is 0.650. The topological polar surface area (TPSA) is 52.8 Å². The predicted octanol–water partition coefficient (Wildman–Crippen LogP) is 0.193. The third-order valence-corrected chi connectivity index (χ3v) is 1.69. The zero-order valence-electron chi connectivity index (χ0n) is 6.85. The lowest BCUT2D eigenvalue weighted by Gasteiger charge is -1.96. The van der Waals surface area contributed by atoms with E-state index in [9.17, 15) is 0 Å². The molecule has 0 saturated carbocycles. The Morgan fingerprint density at radius 2 is 2.33 bits per heavy atom. The molecule has 0 amide bonds. The highest BCUT2D eigenvalue weighted by Gasteiger charge is 2.06. The summed E-state index contributed by atoms with van der Waals surface area (Å²) >= 11 is 0. The lowest BCUT2D eigenvalue weighted by Crippen LogP contribution is -2.07. The third kappa shape index (κ3) is 0.827. The number of fused-ring (bicyclic) bond motifs is 1. The maximum absolute atomic E-state index is 4.90. The summed E-state index contributed by atoms with van der Waals surface area (Å²) < 4.78 is 0. The highest BCUT2D eigenvalue weighted by Crippen LogP contribution is 2.10. The number of aromatic nitrogens is 4. The molecular formula is C7H8N4O. The zero-order valence-corrected chi connectivity index (χ0v) is 6.85. The molecule has 0 spiro atoms. The van der Waals surface area contributed by atoms with Gasteiger partial charge in [0.25, 0.3) is 0 Å². The van der Waals surface area contributed by atoms with Crippen LogP contribution in [0.5, 0.6) is 0 Å². The second-order valence-electron chi connectivity index (χ2n) is 2.45. The standard InChI is InChI=1S/C7H8N4O/c1-5-3-4-8-7-6(5)9-10-11(7)12-2/h3-4H,1-2H3. The summed E-state index contributed by atoms with van der Waals surface area (Å²) in [6.45, 7) is 1.96. The van der Waals surface area contributed by atoms with E-state index >= 15 is 0 Å². The monoisotopic (exact) mass is 164 g/mol. The van der Waals surface area contributed by atoms with Gasteiger partial charge in [0, 0.05) is 6.20 Å². The van der Waals surface area contributed by atoms with Crippen molar-refractivity contribution in [1.29, 1.82) is 0 Å².